The highest BCUT2D eigenvalue weighted by atomic mass is 19.1. The van der Waals surface area contributed by atoms with Crippen LogP contribution in [0.25, 0.3) is 0 Å². The van der Waals surface area contributed by atoms with Gasteiger partial charge in [0.05, 0.1) is 0 Å². The first kappa shape index (κ1) is 13.8. The lowest BCUT2D eigenvalue weighted by Crippen LogP contribution is -2.24. The van der Waals surface area contributed by atoms with Gasteiger partial charge in [0.15, 0.2) is 0 Å². The Morgan fingerprint density at radius 3 is 2.48 bits per heavy atom. The number of rotatable bonds is 4. The van der Waals surface area contributed by atoms with Crippen LogP contribution >= 0.6 is 0 Å². The van der Waals surface area contributed by atoms with E-state index in [4.69, 9.17) is 0 Å². The second-order valence-corrected chi connectivity index (χ2v) is 5.70. The molecular weight excluding hydrogens is 265 g/mol. The summed E-state index contributed by atoms with van der Waals surface area (Å²) in [7, 11) is 0. The van der Waals surface area contributed by atoms with Crippen molar-refractivity contribution >= 4 is 5.91 Å². The number of hydrogen-bond acceptors (Lipinski definition) is 1. The Hall–Kier alpha value is -2.16. The maximum atomic E-state index is 12.9. The van der Waals surface area contributed by atoms with Gasteiger partial charge < -0.3 is 5.32 Å². The molecule has 108 valence electrons. The number of halogens is 1. The van der Waals surface area contributed by atoms with Crippen LogP contribution in [0, 0.1) is 18.7 Å². The second kappa shape index (κ2) is 5.68. The van der Waals surface area contributed by atoms with Gasteiger partial charge in [-0.05, 0) is 42.5 Å². The lowest BCUT2D eigenvalue weighted by atomic mass is 10.1. The molecule has 3 rings (SSSR count). The third-order valence-corrected chi connectivity index (χ3v) is 4.01. The van der Waals surface area contributed by atoms with Gasteiger partial charge in [-0.1, -0.05) is 42.0 Å². The summed E-state index contributed by atoms with van der Waals surface area (Å²) >= 11 is 0. The summed E-state index contributed by atoms with van der Waals surface area (Å²) in [4.78, 5) is 12.1. The molecule has 0 aromatic heterocycles. The smallest absolute Gasteiger partial charge is 0.224 e. The highest BCUT2D eigenvalue weighted by molar-refractivity contribution is 5.82. The lowest BCUT2D eigenvalue weighted by Gasteiger charge is -2.06. The van der Waals surface area contributed by atoms with Crippen LogP contribution in [0.5, 0.6) is 0 Å². The van der Waals surface area contributed by atoms with E-state index < -0.39 is 0 Å². The molecule has 2 atom stereocenters. The first-order valence-electron chi connectivity index (χ1n) is 7.22. The molecule has 1 fully saturated rings. The molecule has 2 nitrogen and oxygen atoms in total. The predicted octanol–water partition coefficient (Wildman–Crippen LogP) is 3.55. The second-order valence-electron chi connectivity index (χ2n) is 5.70. The Morgan fingerprint density at radius 2 is 1.81 bits per heavy atom. The molecule has 2 unspecified atom stereocenters. The van der Waals surface area contributed by atoms with E-state index >= 15 is 0 Å². The van der Waals surface area contributed by atoms with Gasteiger partial charge in [-0.15, -0.1) is 0 Å². The van der Waals surface area contributed by atoms with E-state index in [1.807, 2.05) is 31.2 Å². The van der Waals surface area contributed by atoms with Crippen molar-refractivity contribution < 1.29 is 9.18 Å². The van der Waals surface area contributed by atoms with Gasteiger partial charge in [0, 0.05) is 12.5 Å². The quantitative estimate of drug-likeness (QED) is 0.913. The monoisotopic (exact) mass is 283 g/mol. The molecule has 1 amide bonds. The fourth-order valence-corrected chi connectivity index (χ4v) is 2.59. The van der Waals surface area contributed by atoms with Crippen LogP contribution in [0.15, 0.2) is 48.5 Å². The molecule has 1 N–H and O–H groups in total. The summed E-state index contributed by atoms with van der Waals surface area (Å²) in [6.07, 6.45) is 0.853. The molecule has 0 saturated heterocycles. The molecular formula is C18H18FNO. The SMILES string of the molecule is Cc1ccc(CNC(=O)C2CC2c2ccc(F)cc2)cc1. The summed E-state index contributed by atoms with van der Waals surface area (Å²) in [6, 6.07) is 14.6. The fourth-order valence-electron chi connectivity index (χ4n) is 2.59. The molecule has 3 heteroatoms. The Labute approximate surface area is 124 Å². The fraction of sp³-hybridized carbons (Fsp3) is 0.278. The standard InChI is InChI=1S/C18H18FNO/c1-12-2-4-13(5-3-12)11-20-18(21)17-10-16(17)14-6-8-15(19)9-7-14/h2-9,16-17H,10-11H2,1H3,(H,20,21). The number of carbonyl (C=O) groups is 1. The van der Waals surface area contributed by atoms with Crippen LogP contribution in [0.3, 0.4) is 0 Å². The minimum Gasteiger partial charge on any atom is -0.352 e. The average molecular weight is 283 g/mol. The van der Waals surface area contributed by atoms with E-state index in [1.54, 1.807) is 12.1 Å². The molecule has 1 aliphatic carbocycles. The van der Waals surface area contributed by atoms with E-state index in [9.17, 15) is 9.18 Å². The molecule has 1 aliphatic rings. The molecule has 0 bridgehead atoms. The van der Waals surface area contributed by atoms with Gasteiger partial charge in [-0.2, -0.15) is 0 Å². The predicted molar refractivity (Wildman–Crippen MR) is 80.3 cm³/mol. The molecule has 2 aromatic carbocycles. The van der Waals surface area contributed by atoms with Crippen molar-refractivity contribution in [3.8, 4) is 0 Å². The Morgan fingerprint density at radius 1 is 1.14 bits per heavy atom. The molecule has 2 aromatic rings. The molecule has 0 heterocycles. The van der Waals surface area contributed by atoms with E-state index in [0.29, 0.717) is 6.54 Å². The van der Waals surface area contributed by atoms with Gasteiger partial charge in [-0.3, -0.25) is 4.79 Å². The maximum Gasteiger partial charge on any atom is 0.224 e. The molecule has 1 saturated carbocycles. The zero-order valence-electron chi connectivity index (χ0n) is 12.0. The number of aryl methyl sites for hydroxylation is 1. The van der Waals surface area contributed by atoms with Crippen molar-refractivity contribution in [3.05, 3.63) is 71.0 Å². The van der Waals surface area contributed by atoms with Crippen molar-refractivity contribution in [3.63, 3.8) is 0 Å². The van der Waals surface area contributed by atoms with E-state index in [0.717, 1.165) is 17.5 Å². The number of amides is 1. The molecule has 0 spiro atoms. The van der Waals surface area contributed by atoms with Crippen molar-refractivity contribution in [2.75, 3.05) is 0 Å². The topological polar surface area (TPSA) is 29.1 Å². The largest absolute Gasteiger partial charge is 0.352 e. The number of benzene rings is 2. The lowest BCUT2D eigenvalue weighted by molar-refractivity contribution is -0.122. The summed E-state index contributed by atoms with van der Waals surface area (Å²) in [5.74, 6) is 0.120. The van der Waals surface area contributed by atoms with Crippen LogP contribution in [0.1, 0.15) is 29.0 Å². The highest BCUT2D eigenvalue weighted by Gasteiger charge is 2.43. The van der Waals surface area contributed by atoms with E-state index in [1.165, 1.54) is 17.7 Å². The third kappa shape index (κ3) is 3.30. The average Bonchev–Trinajstić information content (AvgIpc) is 3.28. The first-order valence-corrected chi connectivity index (χ1v) is 7.22. The van der Waals surface area contributed by atoms with Gasteiger partial charge in [-0.25, -0.2) is 4.39 Å². The normalized spacial score (nSPS) is 20.1. The van der Waals surface area contributed by atoms with Crippen LogP contribution in [-0.2, 0) is 11.3 Å². The molecule has 0 radical (unpaired) electrons. The number of nitrogens with one attached hydrogen (secondary N) is 1. The van der Waals surface area contributed by atoms with Crippen LogP contribution in [0.2, 0.25) is 0 Å². The summed E-state index contributed by atoms with van der Waals surface area (Å²) in [6.45, 7) is 2.60. The zero-order chi connectivity index (χ0) is 14.8. The van der Waals surface area contributed by atoms with Gasteiger partial charge in [0.25, 0.3) is 0 Å². The Kier molecular flexibility index (Phi) is 3.74. The number of carbonyl (C=O) groups excluding carboxylic acids is 1. The van der Waals surface area contributed by atoms with Crippen LogP contribution < -0.4 is 5.32 Å². The van der Waals surface area contributed by atoms with Gasteiger partial charge in [0.1, 0.15) is 5.82 Å². The van der Waals surface area contributed by atoms with Crippen LogP contribution in [0.4, 0.5) is 4.39 Å². The Bertz CT molecular complexity index is 633. The van der Waals surface area contributed by atoms with Crippen molar-refractivity contribution in [2.45, 2.75) is 25.8 Å². The summed E-state index contributed by atoms with van der Waals surface area (Å²) < 4.78 is 12.9. The van der Waals surface area contributed by atoms with E-state index in [2.05, 4.69) is 5.32 Å². The number of hydrogen-bond donors (Lipinski definition) is 1. The first-order chi connectivity index (χ1) is 10.1. The van der Waals surface area contributed by atoms with Crippen LogP contribution in [-0.4, -0.2) is 5.91 Å². The van der Waals surface area contributed by atoms with Crippen molar-refractivity contribution in [1.82, 2.24) is 5.32 Å². The molecule has 21 heavy (non-hydrogen) atoms. The summed E-state index contributed by atoms with van der Waals surface area (Å²) in [5, 5.41) is 2.98. The van der Waals surface area contributed by atoms with Gasteiger partial charge >= 0.3 is 0 Å². The highest BCUT2D eigenvalue weighted by Crippen LogP contribution is 2.47. The summed E-state index contributed by atoms with van der Waals surface area (Å²) in [5.41, 5.74) is 3.36. The van der Waals surface area contributed by atoms with Crippen molar-refractivity contribution in [2.24, 2.45) is 5.92 Å². The minimum absolute atomic E-state index is 0.0286. The third-order valence-electron chi connectivity index (χ3n) is 4.01. The van der Waals surface area contributed by atoms with Crippen molar-refractivity contribution in [1.29, 1.82) is 0 Å². The van der Waals surface area contributed by atoms with E-state index in [-0.39, 0.29) is 23.6 Å². The molecule has 0 aliphatic heterocycles. The maximum absolute atomic E-state index is 12.9. The minimum atomic E-state index is -0.236. The Balaban J connectivity index is 1.53. The van der Waals surface area contributed by atoms with Gasteiger partial charge in [0.2, 0.25) is 5.91 Å². The zero-order valence-corrected chi connectivity index (χ0v) is 12.0.